The summed E-state index contributed by atoms with van der Waals surface area (Å²) in [6.07, 6.45) is 1.67. The number of hydrogen-bond acceptors (Lipinski definition) is 5. The monoisotopic (exact) mass is 378 g/mol. The van der Waals surface area contributed by atoms with E-state index in [-0.39, 0.29) is 10.6 Å². The average Bonchev–Trinajstić information content (AvgIpc) is 2.54. The highest BCUT2D eigenvalue weighted by Gasteiger charge is 2.23. The molecule has 1 aromatic heterocycles. The number of nitrogens with zero attached hydrogens (tertiary/aromatic N) is 4. The summed E-state index contributed by atoms with van der Waals surface area (Å²) in [5, 5.41) is 12.9. The number of aryl methyl sites for hydroxylation is 1. The van der Waals surface area contributed by atoms with E-state index in [1.807, 2.05) is 13.0 Å². The second-order valence-electron chi connectivity index (χ2n) is 5.81. The van der Waals surface area contributed by atoms with Crippen LogP contribution in [0.25, 0.3) is 10.8 Å². The van der Waals surface area contributed by atoms with Gasteiger partial charge in [-0.3, -0.25) is 10.1 Å². The van der Waals surface area contributed by atoms with Crippen molar-refractivity contribution in [3.8, 4) is 0 Å². The third-order valence-electron chi connectivity index (χ3n) is 4.36. The molecule has 0 saturated carbocycles. The van der Waals surface area contributed by atoms with Crippen LogP contribution in [-0.4, -0.2) is 47.5 Å². The molecule has 1 aliphatic heterocycles. The van der Waals surface area contributed by atoms with Crippen molar-refractivity contribution in [3.63, 3.8) is 0 Å². The van der Waals surface area contributed by atoms with Crippen LogP contribution in [0.3, 0.4) is 0 Å². The SMILES string of the molecule is CCN1CCN(c2ncc(Br)c3c([N+](=O)[O-])cc(C)cc23)CC1. The number of non-ortho nitro benzene ring substituents is 1. The lowest BCUT2D eigenvalue weighted by molar-refractivity contribution is -0.383. The molecule has 0 spiro atoms. The van der Waals surface area contributed by atoms with Crippen LogP contribution in [0.2, 0.25) is 0 Å². The van der Waals surface area contributed by atoms with Gasteiger partial charge in [-0.15, -0.1) is 0 Å². The van der Waals surface area contributed by atoms with Gasteiger partial charge in [0.05, 0.1) is 14.8 Å². The van der Waals surface area contributed by atoms with Crippen LogP contribution >= 0.6 is 15.9 Å². The van der Waals surface area contributed by atoms with Crippen LogP contribution in [-0.2, 0) is 0 Å². The van der Waals surface area contributed by atoms with E-state index >= 15 is 0 Å². The Balaban J connectivity index is 2.12. The molecule has 1 saturated heterocycles. The lowest BCUT2D eigenvalue weighted by Crippen LogP contribution is -2.46. The topological polar surface area (TPSA) is 62.5 Å². The fraction of sp³-hybridized carbons (Fsp3) is 0.438. The third-order valence-corrected chi connectivity index (χ3v) is 4.96. The van der Waals surface area contributed by atoms with Gasteiger partial charge in [0.15, 0.2) is 0 Å². The maximum absolute atomic E-state index is 11.4. The van der Waals surface area contributed by atoms with E-state index in [4.69, 9.17) is 0 Å². The van der Waals surface area contributed by atoms with Crippen LogP contribution in [0.1, 0.15) is 12.5 Å². The minimum absolute atomic E-state index is 0.128. The summed E-state index contributed by atoms with van der Waals surface area (Å²) in [6, 6.07) is 3.60. The first kappa shape index (κ1) is 16.1. The minimum Gasteiger partial charge on any atom is -0.354 e. The van der Waals surface area contributed by atoms with E-state index < -0.39 is 0 Å². The van der Waals surface area contributed by atoms with Gasteiger partial charge in [-0.25, -0.2) is 4.98 Å². The van der Waals surface area contributed by atoms with Crippen molar-refractivity contribution in [2.75, 3.05) is 37.6 Å². The lowest BCUT2D eigenvalue weighted by Gasteiger charge is -2.35. The smallest absolute Gasteiger partial charge is 0.278 e. The maximum Gasteiger partial charge on any atom is 0.278 e. The number of fused-ring (bicyclic) bond motifs is 1. The van der Waals surface area contributed by atoms with Crippen molar-refractivity contribution >= 4 is 38.2 Å². The van der Waals surface area contributed by atoms with Gasteiger partial charge >= 0.3 is 0 Å². The van der Waals surface area contributed by atoms with E-state index in [1.165, 1.54) is 0 Å². The Hall–Kier alpha value is -1.73. The predicted octanol–water partition coefficient (Wildman–Crippen LogP) is 3.36. The summed E-state index contributed by atoms with van der Waals surface area (Å²) in [5.74, 6) is 0.839. The zero-order chi connectivity index (χ0) is 16.6. The molecule has 23 heavy (non-hydrogen) atoms. The summed E-state index contributed by atoms with van der Waals surface area (Å²) >= 11 is 3.43. The highest BCUT2D eigenvalue weighted by Crippen LogP contribution is 2.37. The van der Waals surface area contributed by atoms with Crippen LogP contribution in [0.15, 0.2) is 22.8 Å². The zero-order valence-electron chi connectivity index (χ0n) is 13.3. The molecule has 0 amide bonds. The van der Waals surface area contributed by atoms with Crippen molar-refractivity contribution in [2.24, 2.45) is 0 Å². The van der Waals surface area contributed by atoms with Gasteiger partial charge in [-0.1, -0.05) is 6.92 Å². The Bertz CT molecular complexity index is 757. The predicted molar refractivity (Wildman–Crippen MR) is 95.2 cm³/mol. The van der Waals surface area contributed by atoms with E-state index in [9.17, 15) is 10.1 Å². The Kier molecular flexibility index (Phi) is 4.50. The molecular formula is C16H19BrN4O2. The molecule has 2 aromatic rings. The number of hydrogen-bond donors (Lipinski definition) is 0. The number of aromatic nitrogens is 1. The van der Waals surface area contributed by atoms with Gasteiger partial charge in [0.2, 0.25) is 0 Å². The Morgan fingerprint density at radius 3 is 2.61 bits per heavy atom. The number of benzene rings is 1. The number of nitro benzene ring substituents is 1. The number of likely N-dealkylation sites (N-methyl/N-ethyl adjacent to an activating group) is 1. The van der Waals surface area contributed by atoms with Gasteiger partial charge in [-0.2, -0.15) is 0 Å². The van der Waals surface area contributed by atoms with Crippen LogP contribution in [0, 0.1) is 17.0 Å². The summed E-state index contributed by atoms with van der Waals surface area (Å²) in [4.78, 5) is 20.3. The molecule has 1 aromatic carbocycles. The second-order valence-corrected chi connectivity index (χ2v) is 6.67. The number of anilines is 1. The molecule has 1 aliphatic rings. The number of halogens is 1. The molecule has 6 nitrogen and oxygen atoms in total. The van der Waals surface area contributed by atoms with Crippen molar-refractivity contribution in [3.05, 3.63) is 38.5 Å². The van der Waals surface area contributed by atoms with E-state index in [0.29, 0.717) is 9.86 Å². The highest BCUT2D eigenvalue weighted by molar-refractivity contribution is 9.10. The van der Waals surface area contributed by atoms with Crippen LogP contribution < -0.4 is 4.90 Å². The van der Waals surface area contributed by atoms with Crippen molar-refractivity contribution in [1.29, 1.82) is 0 Å². The molecule has 0 N–H and O–H groups in total. The van der Waals surface area contributed by atoms with Gasteiger partial charge < -0.3 is 9.80 Å². The first-order chi connectivity index (χ1) is 11.0. The fourth-order valence-electron chi connectivity index (χ4n) is 3.12. The van der Waals surface area contributed by atoms with E-state index in [1.54, 1.807) is 12.3 Å². The van der Waals surface area contributed by atoms with Crippen molar-refractivity contribution in [1.82, 2.24) is 9.88 Å². The summed E-state index contributed by atoms with van der Waals surface area (Å²) in [7, 11) is 0. The van der Waals surface area contributed by atoms with Gasteiger partial charge in [0.1, 0.15) is 5.82 Å². The fourth-order valence-corrected chi connectivity index (χ4v) is 3.64. The van der Waals surface area contributed by atoms with Crippen LogP contribution in [0.5, 0.6) is 0 Å². The van der Waals surface area contributed by atoms with Gasteiger partial charge in [0, 0.05) is 43.8 Å². The molecule has 0 aliphatic carbocycles. The summed E-state index contributed by atoms with van der Waals surface area (Å²) in [5.41, 5.74) is 1.00. The Morgan fingerprint density at radius 2 is 2.00 bits per heavy atom. The molecule has 0 radical (unpaired) electrons. The molecule has 7 heteroatoms. The largest absolute Gasteiger partial charge is 0.354 e. The number of rotatable bonds is 3. The molecular weight excluding hydrogens is 360 g/mol. The molecule has 0 unspecified atom stereocenters. The highest BCUT2D eigenvalue weighted by atomic mass is 79.9. The quantitative estimate of drug-likeness (QED) is 0.605. The normalized spacial score (nSPS) is 16.0. The lowest BCUT2D eigenvalue weighted by atomic mass is 10.1. The number of pyridine rings is 1. The maximum atomic E-state index is 11.4. The summed E-state index contributed by atoms with van der Waals surface area (Å²) < 4.78 is 0.662. The minimum atomic E-state index is -0.321. The first-order valence-corrected chi connectivity index (χ1v) is 8.51. The number of piperazine rings is 1. The van der Waals surface area contributed by atoms with Crippen molar-refractivity contribution in [2.45, 2.75) is 13.8 Å². The third kappa shape index (κ3) is 3.03. The molecule has 122 valence electrons. The Morgan fingerprint density at radius 1 is 1.30 bits per heavy atom. The average molecular weight is 379 g/mol. The van der Waals surface area contributed by atoms with Crippen molar-refractivity contribution < 1.29 is 4.92 Å². The zero-order valence-corrected chi connectivity index (χ0v) is 14.8. The van der Waals surface area contributed by atoms with Crippen LogP contribution in [0.4, 0.5) is 11.5 Å². The standard InChI is InChI=1S/C16H19BrN4O2/c1-3-19-4-6-20(7-5-19)16-12-8-11(2)9-14(21(22)23)15(12)13(17)10-18-16/h8-10H,3-7H2,1-2H3. The molecule has 2 heterocycles. The molecule has 0 bridgehead atoms. The molecule has 3 rings (SSSR count). The van der Waals surface area contributed by atoms with Gasteiger partial charge in [0.25, 0.3) is 5.69 Å². The second kappa shape index (κ2) is 6.41. The molecule has 0 atom stereocenters. The molecule has 1 fully saturated rings. The first-order valence-electron chi connectivity index (χ1n) is 7.71. The van der Waals surface area contributed by atoms with E-state index in [2.05, 4.69) is 37.6 Å². The van der Waals surface area contributed by atoms with E-state index in [0.717, 1.165) is 49.5 Å². The summed E-state index contributed by atoms with van der Waals surface area (Å²) in [6.45, 7) is 8.85. The van der Waals surface area contributed by atoms with Gasteiger partial charge in [-0.05, 0) is 41.0 Å². The number of nitro groups is 1. The Labute approximate surface area is 143 Å².